The van der Waals surface area contributed by atoms with Crippen molar-refractivity contribution in [3.05, 3.63) is 119 Å². The molecule has 2 amide bonds. The second kappa shape index (κ2) is 11.3. The van der Waals surface area contributed by atoms with Gasteiger partial charge in [0.2, 0.25) is 0 Å². The number of amides is 2. The minimum absolute atomic E-state index is 0.0183. The zero-order chi connectivity index (χ0) is 28.2. The number of carbonyl (C=O) groups is 2. The van der Waals surface area contributed by atoms with Gasteiger partial charge in [-0.15, -0.1) is 0 Å². The van der Waals surface area contributed by atoms with E-state index in [9.17, 15) is 18.0 Å². The fraction of sp³-hybridized carbons (Fsp3) is 0.133. The van der Waals surface area contributed by atoms with Gasteiger partial charge >= 0.3 is 0 Å². The summed E-state index contributed by atoms with van der Waals surface area (Å²) in [6.45, 7) is 6.31. The second-order valence-electron chi connectivity index (χ2n) is 9.93. The molecule has 7 nitrogen and oxygen atoms in total. The van der Waals surface area contributed by atoms with Crippen LogP contribution in [0.1, 0.15) is 47.1 Å². The molecule has 0 saturated heterocycles. The molecule has 200 valence electrons. The summed E-state index contributed by atoms with van der Waals surface area (Å²) in [5.41, 5.74) is 2.99. The Morgan fingerprint density at radius 1 is 0.667 bits per heavy atom. The number of nitrogens with one attached hydrogen (secondary N) is 3. The van der Waals surface area contributed by atoms with Gasteiger partial charge in [-0.3, -0.25) is 14.3 Å². The van der Waals surface area contributed by atoms with Gasteiger partial charge in [-0.25, -0.2) is 8.42 Å². The Hall–Kier alpha value is -4.14. The summed E-state index contributed by atoms with van der Waals surface area (Å²) in [4.78, 5) is 25.5. The lowest BCUT2D eigenvalue weighted by Crippen LogP contribution is -2.17. The zero-order valence-corrected chi connectivity index (χ0v) is 23.2. The molecule has 3 N–H and O–H groups in total. The summed E-state index contributed by atoms with van der Waals surface area (Å²) in [6.07, 6.45) is 0. The van der Waals surface area contributed by atoms with E-state index in [0.717, 1.165) is 5.56 Å². The molecule has 0 aliphatic carbocycles. The van der Waals surface area contributed by atoms with Crippen LogP contribution < -0.4 is 15.4 Å². The molecule has 0 heterocycles. The van der Waals surface area contributed by atoms with Crippen molar-refractivity contribution in [2.24, 2.45) is 0 Å². The van der Waals surface area contributed by atoms with Gasteiger partial charge in [-0.1, -0.05) is 68.8 Å². The van der Waals surface area contributed by atoms with Crippen LogP contribution in [0.15, 0.2) is 102 Å². The maximum atomic E-state index is 13.0. The average molecular weight is 562 g/mol. The monoisotopic (exact) mass is 561 g/mol. The molecule has 4 aromatic carbocycles. The molecule has 0 saturated carbocycles. The van der Waals surface area contributed by atoms with Crippen molar-refractivity contribution in [1.29, 1.82) is 0 Å². The number of benzene rings is 4. The highest BCUT2D eigenvalue weighted by Gasteiger charge is 2.21. The van der Waals surface area contributed by atoms with Gasteiger partial charge in [0.05, 0.1) is 5.02 Å². The summed E-state index contributed by atoms with van der Waals surface area (Å²) >= 11 is 6.17. The van der Waals surface area contributed by atoms with Crippen LogP contribution in [0.5, 0.6) is 0 Å². The number of halogens is 1. The molecule has 0 spiro atoms. The van der Waals surface area contributed by atoms with Gasteiger partial charge in [0.1, 0.15) is 4.90 Å². The molecule has 0 bridgehead atoms. The molecule has 9 heteroatoms. The molecule has 0 fully saturated rings. The highest BCUT2D eigenvalue weighted by Crippen LogP contribution is 2.26. The smallest absolute Gasteiger partial charge is 0.263 e. The predicted molar refractivity (Wildman–Crippen MR) is 156 cm³/mol. The summed E-state index contributed by atoms with van der Waals surface area (Å²) in [5, 5.41) is 5.55. The van der Waals surface area contributed by atoms with Crippen LogP contribution in [-0.2, 0) is 15.4 Å². The van der Waals surface area contributed by atoms with Gasteiger partial charge in [0.15, 0.2) is 0 Å². The minimum atomic E-state index is -4.04. The van der Waals surface area contributed by atoms with E-state index in [-0.39, 0.29) is 26.8 Å². The molecule has 0 atom stereocenters. The van der Waals surface area contributed by atoms with Crippen LogP contribution in [0, 0.1) is 0 Å². The SMILES string of the molecule is CC(C)(C)c1ccc(C(=O)Nc2cccc(NC(=O)c3ccc(Cl)c(S(=O)(=O)Nc4ccccc4)c3)c2)cc1. The Morgan fingerprint density at radius 3 is 1.79 bits per heavy atom. The fourth-order valence-electron chi connectivity index (χ4n) is 3.77. The third-order valence-electron chi connectivity index (χ3n) is 5.90. The van der Waals surface area contributed by atoms with Gasteiger partial charge in [0, 0.05) is 28.2 Å². The number of anilines is 3. The molecular weight excluding hydrogens is 534 g/mol. The van der Waals surface area contributed by atoms with E-state index < -0.39 is 15.9 Å². The van der Waals surface area contributed by atoms with Crippen molar-refractivity contribution >= 4 is 50.5 Å². The molecular formula is C30H28ClN3O4S. The van der Waals surface area contributed by atoms with E-state index in [1.165, 1.54) is 18.2 Å². The predicted octanol–water partition coefficient (Wildman–Crippen LogP) is 6.94. The molecule has 4 rings (SSSR count). The third kappa shape index (κ3) is 7.04. The van der Waals surface area contributed by atoms with Crippen molar-refractivity contribution < 1.29 is 18.0 Å². The first-order valence-corrected chi connectivity index (χ1v) is 14.0. The second-order valence-corrected chi connectivity index (χ2v) is 12.0. The summed E-state index contributed by atoms with van der Waals surface area (Å²) in [6, 6.07) is 26.5. The Bertz CT molecular complexity index is 1610. The maximum Gasteiger partial charge on any atom is 0.263 e. The first kappa shape index (κ1) is 27.9. The van der Waals surface area contributed by atoms with Crippen molar-refractivity contribution in [2.45, 2.75) is 31.1 Å². The molecule has 0 aromatic heterocycles. The van der Waals surface area contributed by atoms with Crippen LogP contribution in [-0.4, -0.2) is 20.2 Å². The highest BCUT2D eigenvalue weighted by molar-refractivity contribution is 7.92. The van der Waals surface area contributed by atoms with E-state index in [4.69, 9.17) is 11.6 Å². The van der Waals surface area contributed by atoms with Gasteiger partial charge in [-0.05, 0) is 71.6 Å². The van der Waals surface area contributed by atoms with Gasteiger partial charge in [0.25, 0.3) is 21.8 Å². The molecule has 39 heavy (non-hydrogen) atoms. The first-order valence-electron chi connectivity index (χ1n) is 12.1. The van der Waals surface area contributed by atoms with Crippen LogP contribution in [0.3, 0.4) is 0 Å². The lowest BCUT2D eigenvalue weighted by Gasteiger charge is -2.19. The third-order valence-corrected chi connectivity index (χ3v) is 7.76. The van der Waals surface area contributed by atoms with E-state index in [0.29, 0.717) is 22.6 Å². The van der Waals surface area contributed by atoms with E-state index in [1.807, 2.05) is 12.1 Å². The van der Waals surface area contributed by atoms with Crippen molar-refractivity contribution in [1.82, 2.24) is 0 Å². The molecule has 4 aromatic rings. The first-order chi connectivity index (χ1) is 18.4. The number of hydrogen-bond donors (Lipinski definition) is 3. The van der Waals surface area contributed by atoms with Crippen LogP contribution >= 0.6 is 11.6 Å². The molecule has 0 radical (unpaired) electrons. The van der Waals surface area contributed by atoms with Gasteiger partial charge in [-0.2, -0.15) is 0 Å². The van der Waals surface area contributed by atoms with E-state index in [2.05, 4.69) is 36.1 Å². The van der Waals surface area contributed by atoms with Crippen LogP contribution in [0.25, 0.3) is 0 Å². The summed E-state index contributed by atoms with van der Waals surface area (Å²) in [5.74, 6) is -0.818. The van der Waals surface area contributed by atoms with E-state index >= 15 is 0 Å². The fourth-order valence-corrected chi connectivity index (χ4v) is 5.36. The van der Waals surface area contributed by atoms with Crippen LogP contribution in [0.2, 0.25) is 5.02 Å². The number of rotatable bonds is 7. The van der Waals surface area contributed by atoms with Crippen LogP contribution in [0.4, 0.5) is 17.1 Å². The average Bonchev–Trinajstić information content (AvgIpc) is 2.89. The Balaban J connectivity index is 1.47. The Labute approximate surface area is 233 Å². The Kier molecular flexibility index (Phi) is 8.09. The quantitative estimate of drug-likeness (QED) is 0.227. The number of hydrogen-bond acceptors (Lipinski definition) is 4. The minimum Gasteiger partial charge on any atom is -0.322 e. The van der Waals surface area contributed by atoms with Crippen molar-refractivity contribution in [3.63, 3.8) is 0 Å². The van der Waals surface area contributed by atoms with E-state index in [1.54, 1.807) is 66.7 Å². The van der Waals surface area contributed by atoms with Gasteiger partial charge < -0.3 is 10.6 Å². The summed E-state index contributed by atoms with van der Waals surface area (Å²) in [7, 11) is -4.04. The topological polar surface area (TPSA) is 104 Å². The highest BCUT2D eigenvalue weighted by atomic mass is 35.5. The molecule has 0 aliphatic rings. The number of sulfonamides is 1. The largest absolute Gasteiger partial charge is 0.322 e. The maximum absolute atomic E-state index is 13.0. The van der Waals surface area contributed by atoms with Crippen molar-refractivity contribution in [3.8, 4) is 0 Å². The van der Waals surface area contributed by atoms with Crippen molar-refractivity contribution in [2.75, 3.05) is 15.4 Å². The normalized spacial score (nSPS) is 11.5. The lowest BCUT2D eigenvalue weighted by atomic mass is 9.87. The zero-order valence-electron chi connectivity index (χ0n) is 21.7. The molecule has 0 aliphatic heterocycles. The number of para-hydroxylation sites is 1. The lowest BCUT2D eigenvalue weighted by molar-refractivity contribution is 0.101. The number of carbonyl (C=O) groups excluding carboxylic acids is 2. The molecule has 0 unspecified atom stereocenters. The standard InChI is InChI=1S/C30H28ClN3O4S/c1-30(2,3)22-15-12-20(13-16-22)28(35)32-24-10-7-11-25(19-24)33-29(36)21-14-17-26(31)27(18-21)39(37,38)34-23-8-5-4-6-9-23/h4-19,34H,1-3H3,(H,32,35)(H,33,36). The Morgan fingerprint density at radius 2 is 1.21 bits per heavy atom. The summed E-state index contributed by atoms with van der Waals surface area (Å²) < 4.78 is 28.3.